The van der Waals surface area contributed by atoms with Crippen LogP contribution in [0.1, 0.15) is 25.8 Å². The summed E-state index contributed by atoms with van der Waals surface area (Å²) < 4.78 is 5.23. The molecule has 1 rings (SSSR count). The maximum Gasteiger partial charge on any atom is 0.216 e. The van der Waals surface area contributed by atoms with Crippen molar-refractivity contribution in [3.05, 3.63) is 23.9 Å². The van der Waals surface area contributed by atoms with Crippen LogP contribution in [0.15, 0.2) is 18.3 Å². The molecule has 0 aliphatic rings. The molecule has 1 aromatic heterocycles. The van der Waals surface area contributed by atoms with Crippen LogP contribution in [0, 0.1) is 0 Å². The first kappa shape index (κ1) is 11.0. The first-order chi connectivity index (χ1) is 6.61. The van der Waals surface area contributed by atoms with Crippen LogP contribution in [0.3, 0.4) is 0 Å². The monoisotopic (exact) mass is 194 g/mol. The lowest BCUT2D eigenvalue weighted by Crippen LogP contribution is -2.22. The van der Waals surface area contributed by atoms with Gasteiger partial charge >= 0.3 is 0 Å². The van der Waals surface area contributed by atoms with Crippen LogP contribution in [0.25, 0.3) is 0 Å². The average Bonchev–Trinajstić information content (AvgIpc) is 2.18. The van der Waals surface area contributed by atoms with Crippen molar-refractivity contribution in [3.63, 3.8) is 0 Å². The lowest BCUT2D eigenvalue weighted by Gasteiger charge is -2.25. The molecule has 1 aromatic rings. The van der Waals surface area contributed by atoms with Gasteiger partial charge in [0.15, 0.2) is 0 Å². The molecule has 2 N–H and O–H groups in total. The van der Waals surface area contributed by atoms with Gasteiger partial charge in [0, 0.05) is 11.8 Å². The van der Waals surface area contributed by atoms with Crippen molar-refractivity contribution in [2.24, 2.45) is 5.73 Å². The maximum atomic E-state index is 5.58. The minimum absolute atomic E-state index is 0.0222. The van der Waals surface area contributed by atoms with E-state index in [4.69, 9.17) is 10.5 Å². The summed E-state index contributed by atoms with van der Waals surface area (Å²) in [6.45, 7) is 4.98. The highest BCUT2D eigenvalue weighted by Gasteiger charge is 2.23. The highest BCUT2D eigenvalue weighted by atomic mass is 16.5. The van der Waals surface area contributed by atoms with E-state index in [1.165, 1.54) is 0 Å². The summed E-state index contributed by atoms with van der Waals surface area (Å²) >= 11 is 0. The predicted molar refractivity (Wildman–Crippen MR) is 57.5 cm³/mol. The molecule has 0 fully saturated rings. The Labute approximate surface area is 85.3 Å². The Morgan fingerprint density at radius 1 is 1.50 bits per heavy atom. The Morgan fingerprint density at radius 3 is 2.79 bits per heavy atom. The van der Waals surface area contributed by atoms with E-state index in [9.17, 15) is 0 Å². The zero-order valence-corrected chi connectivity index (χ0v) is 9.08. The molecule has 0 aliphatic heterocycles. The number of ether oxygens (including phenoxy) is 1. The Hall–Kier alpha value is -1.09. The van der Waals surface area contributed by atoms with Gasteiger partial charge in [-0.05, 0) is 24.4 Å². The zero-order valence-electron chi connectivity index (χ0n) is 9.08. The van der Waals surface area contributed by atoms with E-state index >= 15 is 0 Å². The van der Waals surface area contributed by atoms with Crippen molar-refractivity contribution in [3.8, 4) is 5.88 Å². The number of rotatable bonds is 4. The molecule has 0 amide bonds. The highest BCUT2D eigenvalue weighted by molar-refractivity contribution is 5.32. The van der Waals surface area contributed by atoms with Gasteiger partial charge in [-0.2, -0.15) is 0 Å². The molecule has 0 bridgehead atoms. The molecule has 0 spiro atoms. The van der Waals surface area contributed by atoms with Crippen LogP contribution < -0.4 is 10.5 Å². The molecule has 0 aromatic carbocycles. The molecule has 3 heteroatoms. The number of hydrogen-bond acceptors (Lipinski definition) is 3. The van der Waals surface area contributed by atoms with Gasteiger partial charge < -0.3 is 10.5 Å². The van der Waals surface area contributed by atoms with Gasteiger partial charge in [0.05, 0.1) is 7.11 Å². The minimum Gasteiger partial charge on any atom is -0.481 e. The second kappa shape index (κ2) is 4.42. The van der Waals surface area contributed by atoms with Crippen LogP contribution >= 0.6 is 0 Å². The molecule has 0 saturated carbocycles. The van der Waals surface area contributed by atoms with Gasteiger partial charge in [0.25, 0.3) is 0 Å². The molecule has 0 atom stereocenters. The Kier molecular flexibility index (Phi) is 3.47. The molecule has 3 nitrogen and oxygen atoms in total. The SMILES string of the molecule is COc1ncccc1C(C)(C)CCN. The lowest BCUT2D eigenvalue weighted by atomic mass is 9.82. The summed E-state index contributed by atoms with van der Waals surface area (Å²) in [5.41, 5.74) is 6.72. The van der Waals surface area contributed by atoms with Gasteiger partial charge in [0.2, 0.25) is 5.88 Å². The van der Waals surface area contributed by atoms with Gasteiger partial charge in [-0.25, -0.2) is 4.98 Å². The molecule has 78 valence electrons. The Bertz CT molecular complexity index is 297. The van der Waals surface area contributed by atoms with Crippen molar-refractivity contribution in [2.45, 2.75) is 25.7 Å². The fourth-order valence-corrected chi connectivity index (χ4v) is 1.56. The Morgan fingerprint density at radius 2 is 2.21 bits per heavy atom. The van der Waals surface area contributed by atoms with E-state index in [2.05, 4.69) is 18.8 Å². The highest BCUT2D eigenvalue weighted by Crippen LogP contribution is 2.31. The molecule has 0 saturated heterocycles. The normalized spacial score (nSPS) is 11.4. The fraction of sp³-hybridized carbons (Fsp3) is 0.545. The minimum atomic E-state index is 0.0222. The smallest absolute Gasteiger partial charge is 0.216 e. The summed E-state index contributed by atoms with van der Waals surface area (Å²) in [6.07, 6.45) is 2.66. The van der Waals surface area contributed by atoms with Crippen molar-refractivity contribution in [1.29, 1.82) is 0 Å². The summed E-state index contributed by atoms with van der Waals surface area (Å²) in [5, 5.41) is 0. The largest absolute Gasteiger partial charge is 0.481 e. The van der Waals surface area contributed by atoms with Crippen LogP contribution in [0.4, 0.5) is 0 Å². The van der Waals surface area contributed by atoms with Crippen LogP contribution in [-0.4, -0.2) is 18.6 Å². The zero-order chi connectivity index (χ0) is 10.6. The number of aromatic nitrogens is 1. The quantitative estimate of drug-likeness (QED) is 0.793. The van der Waals surface area contributed by atoms with Gasteiger partial charge in [-0.1, -0.05) is 19.9 Å². The Balaban J connectivity index is 3.04. The third-order valence-corrected chi connectivity index (χ3v) is 2.46. The second-order valence-corrected chi connectivity index (χ2v) is 3.98. The van der Waals surface area contributed by atoms with E-state index in [1.807, 2.05) is 12.1 Å². The van der Waals surface area contributed by atoms with Gasteiger partial charge in [-0.15, -0.1) is 0 Å². The number of methoxy groups -OCH3 is 1. The summed E-state index contributed by atoms with van der Waals surface area (Å²) in [4.78, 5) is 4.18. The summed E-state index contributed by atoms with van der Waals surface area (Å²) in [6, 6.07) is 3.97. The summed E-state index contributed by atoms with van der Waals surface area (Å²) in [5.74, 6) is 0.700. The molecule has 0 radical (unpaired) electrons. The standard InChI is InChI=1S/C11H18N2O/c1-11(2,6-7-12)9-5-4-8-13-10(9)14-3/h4-5,8H,6-7,12H2,1-3H3. The number of nitrogens with two attached hydrogens (primary N) is 1. The fourth-order valence-electron chi connectivity index (χ4n) is 1.56. The number of hydrogen-bond donors (Lipinski definition) is 1. The first-order valence-corrected chi connectivity index (χ1v) is 4.81. The van der Waals surface area contributed by atoms with Crippen molar-refractivity contribution in [2.75, 3.05) is 13.7 Å². The molecular formula is C11H18N2O. The van der Waals surface area contributed by atoms with E-state index < -0.39 is 0 Å². The maximum absolute atomic E-state index is 5.58. The van der Waals surface area contributed by atoms with Crippen LogP contribution in [0.2, 0.25) is 0 Å². The van der Waals surface area contributed by atoms with E-state index in [1.54, 1.807) is 13.3 Å². The lowest BCUT2D eigenvalue weighted by molar-refractivity contribution is 0.371. The number of pyridine rings is 1. The molecule has 0 unspecified atom stereocenters. The van der Waals surface area contributed by atoms with Crippen molar-refractivity contribution >= 4 is 0 Å². The van der Waals surface area contributed by atoms with Crippen LogP contribution in [-0.2, 0) is 5.41 Å². The molecular weight excluding hydrogens is 176 g/mol. The van der Waals surface area contributed by atoms with Gasteiger partial charge in [-0.3, -0.25) is 0 Å². The molecule has 1 heterocycles. The van der Waals surface area contributed by atoms with Gasteiger partial charge in [0.1, 0.15) is 0 Å². The number of nitrogens with zero attached hydrogens (tertiary/aromatic N) is 1. The second-order valence-electron chi connectivity index (χ2n) is 3.98. The third kappa shape index (κ3) is 2.23. The molecule has 0 aliphatic carbocycles. The summed E-state index contributed by atoms with van der Waals surface area (Å²) in [7, 11) is 1.64. The van der Waals surface area contributed by atoms with Crippen LogP contribution in [0.5, 0.6) is 5.88 Å². The van der Waals surface area contributed by atoms with Crippen molar-refractivity contribution in [1.82, 2.24) is 4.98 Å². The van der Waals surface area contributed by atoms with E-state index in [-0.39, 0.29) is 5.41 Å². The predicted octanol–water partition coefficient (Wildman–Crippen LogP) is 1.72. The first-order valence-electron chi connectivity index (χ1n) is 4.81. The third-order valence-electron chi connectivity index (χ3n) is 2.46. The molecule has 14 heavy (non-hydrogen) atoms. The topological polar surface area (TPSA) is 48.1 Å². The van der Waals surface area contributed by atoms with E-state index in [0.29, 0.717) is 12.4 Å². The average molecular weight is 194 g/mol. The van der Waals surface area contributed by atoms with Crippen molar-refractivity contribution < 1.29 is 4.74 Å². The van der Waals surface area contributed by atoms with E-state index in [0.717, 1.165) is 12.0 Å².